The van der Waals surface area contributed by atoms with E-state index in [1.807, 2.05) is 23.6 Å². The van der Waals surface area contributed by atoms with Crippen molar-refractivity contribution in [2.45, 2.75) is 45.7 Å². The number of benzene rings is 1. The number of aromatic nitrogens is 3. The number of rotatable bonds is 6. The molecule has 2 aromatic heterocycles. The van der Waals surface area contributed by atoms with Crippen molar-refractivity contribution in [1.29, 1.82) is 0 Å². The zero-order chi connectivity index (χ0) is 22.1. The number of carbonyl (C=O) groups is 1. The van der Waals surface area contributed by atoms with E-state index in [1.165, 1.54) is 12.1 Å². The molecule has 6 nitrogen and oxygen atoms in total. The molecule has 1 aromatic carbocycles. The number of imidazole rings is 1. The van der Waals surface area contributed by atoms with E-state index in [4.69, 9.17) is 0 Å². The molecule has 1 aliphatic heterocycles. The van der Waals surface area contributed by atoms with Crippen molar-refractivity contribution < 1.29 is 13.6 Å². The first kappa shape index (κ1) is 21.0. The molecule has 0 bridgehead atoms. The van der Waals surface area contributed by atoms with Crippen LogP contribution in [0.15, 0.2) is 42.7 Å². The lowest BCUT2D eigenvalue weighted by atomic mass is 10.1. The van der Waals surface area contributed by atoms with E-state index < -0.39 is 11.6 Å². The van der Waals surface area contributed by atoms with Crippen LogP contribution < -0.4 is 5.32 Å². The first-order chi connectivity index (χ1) is 14.9. The van der Waals surface area contributed by atoms with Gasteiger partial charge in [-0.15, -0.1) is 0 Å². The molecular formula is C23H25F2N5O. The second kappa shape index (κ2) is 8.45. The molecule has 3 heterocycles. The van der Waals surface area contributed by atoms with Crippen LogP contribution in [0.1, 0.15) is 56.2 Å². The van der Waals surface area contributed by atoms with E-state index in [2.05, 4.69) is 29.1 Å². The Bertz CT molecular complexity index is 1110. The number of amides is 1. The summed E-state index contributed by atoms with van der Waals surface area (Å²) in [6.45, 7) is 6.47. The van der Waals surface area contributed by atoms with Crippen molar-refractivity contribution >= 4 is 11.6 Å². The lowest BCUT2D eigenvalue weighted by Crippen LogP contribution is -2.34. The Kier molecular flexibility index (Phi) is 5.71. The molecule has 1 aliphatic rings. The molecule has 0 spiro atoms. The molecule has 1 unspecified atom stereocenters. The van der Waals surface area contributed by atoms with Gasteiger partial charge in [0.15, 0.2) is 5.82 Å². The van der Waals surface area contributed by atoms with E-state index in [9.17, 15) is 13.6 Å². The summed E-state index contributed by atoms with van der Waals surface area (Å²) in [6, 6.07) is 6.90. The highest BCUT2D eigenvalue weighted by atomic mass is 19.1. The lowest BCUT2D eigenvalue weighted by molar-refractivity contribution is -0.132. The van der Waals surface area contributed by atoms with Gasteiger partial charge in [-0.05, 0) is 25.1 Å². The van der Waals surface area contributed by atoms with Crippen LogP contribution >= 0.6 is 0 Å². The number of pyridine rings is 1. The van der Waals surface area contributed by atoms with Gasteiger partial charge in [-0.3, -0.25) is 9.36 Å². The van der Waals surface area contributed by atoms with E-state index >= 15 is 0 Å². The molecular weight excluding hydrogens is 400 g/mol. The maximum Gasteiger partial charge on any atom is 0.225 e. The molecule has 0 saturated heterocycles. The summed E-state index contributed by atoms with van der Waals surface area (Å²) < 4.78 is 29.3. The third-order valence-corrected chi connectivity index (χ3v) is 5.51. The number of nitrogens with zero attached hydrogens (tertiary/aromatic N) is 4. The molecule has 1 N–H and O–H groups in total. The Morgan fingerprint density at radius 1 is 1.26 bits per heavy atom. The molecule has 0 aliphatic carbocycles. The summed E-state index contributed by atoms with van der Waals surface area (Å²) in [4.78, 5) is 23.8. The molecule has 1 amide bonds. The zero-order valence-electron chi connectivity index (χ0n) is 17.8. The lowest BCUT2D eigenvalue weighted by Gasteiger charge is -2.30. The van der Waals surface area contributed by atoms with Gasteiger partial charge in [-0.2, -0.15) is 0 Å². The minimum atomic E-state index is -0.651. The first-order valence-electron chi connectivity index (χ1n) is 10.4. The van der Waals surface area contributed by atoms with Crippen LogP contribution in [0.3, 0.4) is 0 Å². The van der Waals surface area contributed by atoms with E-state index in [1.54, 1.807) is 17.3 Å². The van der Waals surface area contributed by atoms with Crippen molar-refractivity contribution in [3.63, 3.8) is 0 Å². The van der Waals surface area contributed by atoms with Gasteiger partial charge >= 0.3 is 0 Å². The van der Waals surface area contributed by atoms with Crippen molar-refractivity contribution in [3.8, 4) is 5.82 Å². The number of fused-ring (bicyclic) bond motifs is 3. The highest BCUT2D eigenvalue weighted by Gasteiger charge is 2.31. The number of carbonyl (C=O) groups excluding carboxylic acids is 1. The van der Waals surface area contributed by atoms with Crippen LogP contribution in [0.4, 0.5) is 14.5 Å². The van der Waals surface area contributed by atoms with Gasteiger partial charge < -0.3 is 10.2 Å². The molecule has 3 aromatic rings. The summed E-state index contributed by atoms with van der Waals surface area (Å²) in [7, 11) is 0. The molecule has 162 valence electrons. The van der Waals surface area contributed by atoms with Crippen molar-refractivity contribution in [2.75, 3.05) is 11.9 Å². The smallest absolute Gasteiger partial charge is 0.225 e. The number of halogens is 2. The summed E-state index contributed by atoms with van der Waals surface area (Å²) in [6.07, 6.45) is 3.69. The van der Waals surface area contributed by atoms with Gasteiger partial charge in [0.2, 0.25) is 5.91 Å². The second-order valence-corrected chi connectivity index (χ2v) is 7.95. The van der Waals surface area contributed by atoms with Crippen LogP contribution in [0.2, 0.25) is 0 Å². The fourth-order valence-electron chi connectivity index (χ4n) is 3.90. The Labute approximate surface area is 179 Å². The topological polar surface area (TPSA) is 63.1 Å². The van der Waals surface area contributed by atoms with E-state index in [-0.39, 0.29) is 36.4 Å². The molecule has 8 heteroatoms. The number of nitrogens with one attached hydrogen (secondary N) is 1. The molecule has 4 rings (SSSR count). The standard InChI is InChI=1S/C23H25F2N5O/c1-4-29(13-15-7-8-16(24)10-17(15)25)21(31)11-19-20-12-27-22(14(2)3)30(20)23-18(28-19)6-5-9-26-23/h5-10,12,14,19,28H,4,11,13H2,1-3H3. The van der Waals surface area contributed by atoms with Crippen LogP contribution in [-0.4, -0.2) is 31.9 Å². The molecule has 0 radical (unpaired) electrons. The maximum atomic E-state index is 14.1. The second-order valence-electron chi connectivity index (χ2n) is 7.95. The summed E-state index contributed by atoms with van der Waals surface area (Å²) >= 11 is 0. The van der Waals surface area contributed by atoms with E-state index in [0.717, 1.165) is 29.1 Å². The van der Waals surface area contributed by atoms with Crippen LogP contribution in [-0.2, 0) is 11.3 Å². The summed E-state index contributed by atoms with van der Waals surface area (Å²) in [5.41, 5.74) is 1.99. The van der Waals surface area contributed by atoms with Gasteiger partial charge in [0.1, 0.15) is 17.5 Å². The average Bonchev–Trinajstić information content (AvgIpc) is 3.19. The third-order valence-electron chi connectivity index (χ3n) is 5.51. The largest absolute Gasteiger partial charge is 0.373 e. The Hall–Kier alpha value is -3.29. The van der Waals surface area contributed by atoms with Gasteiger partial charge in [0.05, 0.1) is 30.0 Å². The fraction of sp³-hybridized carbons (Fsp3) is 0.348. The summed E-state index contributed by atoms with van der Waals surface area (Å²) in [5.74, 6) is 0.421. The number of anilines is 1. The Morgan fingerprint density at radius 2 is 2.06 bits per heavy atom. The van der Waals surface area contributed by atoms with E-state index in [0.29, 0.717) is 6.54 Å². The molecule has 0 fully saturated rings. The quantitative estimate of drug-likeness (QED) is 0.628. The van der Waals surface area contributed by atoms with Crippen molar-refractivity contribution in [1.82, 2.24) is 19.4 Å². The molecule has 0 saturated carbocycles. The van der Waals surface area contributed by atoms with Crippen molar-refractivity contribution in [3.05, 3.63) is 71.4 Å². The maximum absolute atomic E-state index is 14.1. The van der Waals surface area contributed by atoms with Gasteiger partial charge in [-0.25, -0.2) is 18.7 Å². The van der Waals surface area contributed by atoms with Gasteiger partial charge in [-0.1, -0.05) is 19.9 Å². The predicted octanol–water partition coefficient (Wildman–Crippen LogP) is 4.57. The minimum absolute atomic E-state index is 0.0861. The average molecular weight is 425 g/mol. The molecule has 1 atom stereocenters. The van der Waals surface area contributed by atoms with Crippen LogP contribution in [0, 0.1) is 11.6 Å². The zero-order valence-corrected chi connectivity index (χ0v) is 17.8. The monoisotopic (exact) mass is 425 g/mol. The molecule has 31 heavy (non-hydrogen) atoms. The van der Waals surface area contributed by atoms with Gasteiger partial charge in [0.25, 0.3) is 0 Å². The number of hydrogen-bond donors (Lipinski definition) is 1. The van der Waals surface area contributed by atoms with Crippen molar-refractivity contribution in [2.24, 2.45) is 0 Å². The van der Waals surface area contributed by atoms with Gasteiger partial charge in [0, 0.05) is 36.8 Å². The predicted molar refractivity (Wildman–Crippen MR) is 114 cm³/mol. The minimum Gasteiger partial charge on any atom is -0.373 e. The third kappa shape index (κ3) is 4.02. The van der Waals surface area contributed by atoms with Crippen LogP contribution in [0.5, 0.6) is 0 Å². The highest BCUT2D eigenvalue weighted by molar-refractivity contribution is 5.78. The van der Waals surface area contributed by atoms with Crippen LogP contribution in [0.25, 0.3) is 5.82 Å². The summed E-state index contributed by atoms with van der Waals surface area (Å²) in [5, 5.41) is 3.40. The normalized spacial score (nSPS) is 14.7. The fourth-order valence-corrected chi connectivity index (χ4v) is 3.90. The number of hydrogen-bond acceptors (Lipinski definition) is 4. The highest BCUT2D eigenvalue weighted by Crippen LogP contribution is 2.36. The Balaban J connectivity index is 1.59. The SMILES string of the molecule is CCN(Cc1ccc(F)cc1F)C(=O)CC1Nc2cccnc2-n2c1cnc2C(C)C. The Morgan fingerprint density at radius 3 is 2.77 bits per heavy atom. The first-order valence-corrected chi connectivity index (χ1v) is 10.4.